The molecule has 0 spiro atoms. The lowest BCUT2D eigenvalue weighted by Gasteiger charge is -2.15. The zero-order valence-electron chi connectivity index (χ0n) is 8.45. The summed E-state index contributed by atoms with van der Waals surface area (Å²) < 4.78 is 9.29. The average Bonchev–Trinajstić information content (AvgIpc) is 2.15. The van der Waals surface area contributed by atoms with E-state index in [0.29, 0.717) is 6.54 Å². The summed E-state index contributed by atoms with van der Waals surface area (Å²) >= 11 is 3.07. The lowest BCUT2D eigenvalue weighted by Crippen LogP contribution is -2.31. The van der Waals surface area contributed by atoms with E-state index < -0.39 is 6.09 Å². The van der Waals surface area contributed by atoms with Gasteiger partial charge in [0.25, 0.3) is 0 Å². The van der Waals surface area contributed by atoms with Gasteiger partial charge in [0.2, 0.25) is 0 Å². The first-order valence-electron chi connectivity index (χ1n) is 4.08. The van der Waals surface area contributed by atoms with Gasteiger partial charge in [0.05, 0.1) is 13.7 Å². The molecule has 0 saturated carbocycles. The van der Waals surface area contributed by atoms with Gasteiger partial charge >= 0.3 is 12.1 Å². The van der Waals surface area contributed by atoms with Gasteiger partial charge < -0.3 is 14.4 Å². The molecular formula is C8H14BrNO4. The molecule has 0 N–H and O–H groups in total. The average molecular weight is 268 g/mol. The molecule has 0 radical (unpaired) electrons. The van der Waals surface area contributed by atoms with Crippen LogP contribution in [-0.2, 0) is 14.3 Å². The highest BCUT2D eigenvalue weighted by Gasteiger charge is 2.12. The van der Waals surface area contributed by atoms with Crippen LogP contribution in [0.2, 0.25) is 0 Å². The molecule has 0 aliphatic heterocycles. The van der Waals surface area contributed by atoms with Crippen molar-refractivity contribution in [1.82, 2.24) is 4.90 Å². The summed E-state index contributed by atoms with van der Waals surface area (Å²) in [7, 11) is 2.86. The van der Waals surface area contributed by atoms with Crippen LogP contribution in [0.3, 0.4) is 0 Å². The van der Waals surface area contributed by atoms with Crippen LogP contribution in [0.1, 0.15) is 6.92 Å². The molecule has 0 heterocycles. The number of carbonyl (C=O) groups is 2. The number of methoxy groups -OCH3 is 1. The third-order valence-electron chi connectivity index (χ3n) is 1.48. The van der Waals surface area contributed by atoms with E-state index in [0.717, 1.165) is 0 Å². The van der Waals surface area contributed by atoms with E-state index >= 15 is 0 Å². The third kappa shape index (κ3) is 5.06. The molecule has 0 fully saturated rings. The summed E-state index contributed by atoms with van der Waals surface area (Å²) in [4.78, 5) is 22.8. The maximum atomic E-state index is 11.0. The molecule has 0 aliphatic carbocycles. The van der Waals surface area contributed by atoms with Crippen molar-refractivity contribution in [2.75, 3.05) is 27.3 Å². The molecular weight excluding hydrogens is 254 g/mol. The van der Waals surface area contributed by atoms with Gasteiger partial charge in [-0.15, -0.1) is 0 Å². The molecule has 5 nitrogen and oxygen atoms in total. The summed E-state index contributed by atoms with van der Waals surface area (Å²) in [6.07, 6.45) is -0.451. The van der Waals surface area contributed by atoms with Gasteiger partial charge in [-0.2, -0.15) is 0 Å². The Labute approximate surface area is 91.5 Å². The Morgan fingerprint density at radius 2 is 2.07 bits per heavy atom. The highest BCUT2D eigenvalue weighted by molar-refractivity contribution is 9.10. The van der Waals surface area contributed by atoms with Crippen LogP contribution >= 0.6 is 15.9 Å². The highest BCUT2D eigenvalue weighted by atomic mass is 79.9. The van der Waals surface area contributed by atoms with E-state index in [1.165, 1.54) is 12.0 Å². The fourth-order valence-corrected chi connectivity index (χ4v) is 0.777. The lowest BCUT2D eigenvalue weighted by atomic mass is 10.5. The highest BCUT2D eigenvalue weighted by Crippen LogP contribution is 1.99. The summed E-state index contributed by atoms with van der Waals surface area (Å²) in [5.74, 6) is -0.344. The van der Waals surface area contributed by atoms with Crippen LogP contribution in [0.15, 0.2) is 0 Å². The van der Waals surface area contributed by atoms with Crippen LogP contribution in [0, 0.1) is 0 Å². The Bertz CT molecular complexity index is 208. The number of nitrogens with zero attached hydrogens (tertiary/aromatic N) is 1. The largest absolute Gasteiger partial charge is 0.463 e. The fourth-order valence-electron chi connectivity index (χ4n) is 0.645. The molecule has 0 aromatic carbocycles. The number of ether oxygens (including phenoxy) is 2. The summed E-state index contributed by atoms with van der Waals surface area (Å²) in [6, 6.07) is 0. The van der Waals surface area contributed by atoms with Gasteiger partial charge in [-0.05, 0) is 6.92 Å². The number of esters is 1. The zero-order valence-corrected chi connectivity index (χ0v) is 10.0. The van der Waals surface area contributed by atoms with Crippen molar-refractivity contribution in [2.45, 2.75) is 11.8 Å². The van der Waals surface area contributed by atoms with Gasteiger partial charge in [0.15, 0.2) is 0 Å². The second-order valence-electron chi connectivity index (χ2n) is 2.68. The molecule has 6 heteroatoms. The Kier molecular flexibility index (Phi) is 6.27. The van der Waals surface area contributed by atoms with Gasteiger partial charge in [-0.1, -0.05) is 15.9 Å². The van der Waals surface area contributed by atoms with Crippen LogP contribution in [0.4, 0.5) is 4.79 Å². The quantitative estimate of drug-likeness (QED) is 0.564. The first-order valence-corrected chi connectivity index (χ1v) is 5.00. The summed E-state index contributed by atoms with van der Waals surface area (Å²) in [5, 5.41) is 0. The van der Waals surface area contributed by atoms with E-state index in [9.17, 15) is 9.59 Å². The van der Waals surface area contributed by atoms with Crippen molar-refractivity contribution in [1.29, 1.82) is 0 Å². The normalized spacial score (nSPS) is 11.7. The molecule has 0 aromatic rings. The van der Waals surface area contributed by atoms with Crippen LogP contribution in [0.25, 0.3) is 0 Å². The molecule has 0 aliphatic rings. The van der Waals surface area contributed by atoms with E-state index in [1.54, 1.807) is 14.0 Å². The van der Waals surface area contributed by atoms with Crippen molar-refractivity contribution in [3.05, 3.63) is 0 Å². The lowest BCUT2D eigenvalue weighted by molar-refractivity contribution is -0.142. The van der Waals surface area contributed by atoms with E-state index in [4.69, 9.17) is 4.74 Å². The topological polar surface area (TPSA) is 55.8 Å². The number of hydrogen-bond donors (Lipinski definition) is 0. The zero-order chi connectivity index (χ0) is 11.1. The van der Waals surface area contributed by atoms with Crippen LogP contribution in [-0.4, -0.2) is 49.1 Å². The van der Waals surface area contributed by atoms with Gasteiger partial charge in [0, 0.05) is 7.05 Å². The number of alkyl halides is 1. The summed E-state index contributed by atoms with van der Waals surface area (Å²) in [6.45, 7) is 2.16. The molecule has 1 unspecified atom stereocenters. The minimum absolute atomic E-state index is 0.167. The monoisotopic (exact) mass is 267 g/mol. The Balaban J connectivity index is 3.64. The molecule has 1 amide bonds. The van der Waals surface area contributed by atoms with Crippen molar-refractivity contribution >= 4 is 28.0 Å². The standard InChI is InChI=1S/C8H14BrNO4/c1-6(9)7(11)14-5-4-10(2)8(12)13-3/h6H,4-5H2,1-3H3. The van der Waals surface area contributed by atoms with Gasteiger partial charge in [0.1, 0.15) is 11.4 Å². The molecule has 82 valence electrons. The van der Waals surface area contributed by atoms with E-state index in [-0.39, 0.29) is 17.4 Å². The Morgan fingerprint density at radius 1 is 1.50 bits per heavy atom. The number of hydrogen-bond acceptors (Lipinski definition) is 4. The van der Waals surface area contributed by atoms with Crippen molar-refractivity contribution in [3.63, 3.8) is 0 Å². The van der Waals surface area contributed by atoms with Gasteiger partial charge in [-0.3, -0.25) is 4.79 Å². The number of likely N-dealkylation sites (N-methyl/N-ethyl adjacent to an activating group) is 1. The molecule has 14 heavy (non-hydrogen) atoms. The first-order chi connectivity index (χ1) is 6.49. The van der Waals surface area contributed by atoms with Crippen LogP contribution in [0.5, 0.6) is 0 Å². The predicted molar refractivity (Wildman–Crippen MR) is 54.4 cm³/mol. The number of halogens is 1. The predicted octanol–water partition coefficient (Wildman–Crippen LogP) is 1.01. The molecule has 0 rings (SSSR count). The minimum Gasteiger partial charge on any atom is -0.463 e. The second kappa shape index (κ2) is 6.64. The van der Waals surface area contributed by atoms with E-state index in [1.807, 2.05) is 0 Å². The maximum Gasteiger partial charge on any atom is 0.409 e. The maximum absolute atomic E-state index is 11.0. The number of carbonyl (C=O) groups excluding carboxylic acids is 2. The first kappa shape index (κ1) is 13.2. The number of amides is 1. The molecule has 0 aromatic heterocycles. The second-order valence-corrected chi connectivity index (χ2v) is 4.05. The smallest absolute Gasteiger partial charge is 0.409 e. The summed E-state index contributed by atoms with van der Waals surface area (Å²) in [5.41, 5.74) is 0. The third-order valence-corrected chi connectivity index (χ3v) is 1.86. The number of rotatable bonds is 4. The molecule has 0 bridgehead atoms. The molecule has 0 saturated heterocycles. The Morgan fingerprint density at radius 3 is 2.50 bits per heavy atom. The molecule has 1 atom stereocenters. The van der Waals surface area contributed by atoms with Crippen LogP contribution < -0.4 is 0 Å². The van der Waals surface area contributed by atoms with Crippen molar-refractivity contribution in [2.24, 2.45) is 0 Å². The van der Waals surface area contributed by atoms with Crippen molar-refractivity contribution < 1.29 is 19.1 Å². The Hall–Kier alpha value is -0.780. The fraction of sp³-hybridized carbons (Fsp3) is 0.750. The minimum atomic E-state index is -0.451. The van der Waals surface area contributed by atoms with Gasteiger partial charge in [-0.25, -0.2) is 4.79 Å². The van der Waals surface area contributed by atoms with Crippen molar-refractivity contribution in [3.8, 4) is 0 Å². The SMILES string of the molecule is COC(=O)N(C)CCOC(=O)C(C)Br. The van der Waals surface area contributed by atoms with E-state index in [2.05, 4.69) is 20.7 Å².